The molecule has 1 aromatic carbocycles. The number of aliphatic hydroxyl groups excluding tert-OH is 1. The van der Waals surface area contributed by atoms with Gasteiger partial charge in [-0.1, -0.05) is 11.6 Å². The van der Waals surface area contributed by atoms with Gasteiger partial charge in [0.15, 0.2) is 5.44 Å². The van der Waals surface area contributed by atoms with Gasteiger partial charge in [-0.05, 0) is 12.1 Å². The molecular weight excluding hydrogens is 316 g/mol. The number of aliphatic hydroxyl groups is 1. The van der Waals surface area contributed by atoms with Crippen LogP contribution in [0.5, 0.6) is 0 Å². The third kappa shape index (κ3) is 3.96. The highest BCUT2D eigenvalue weighted by Crippen LogP contribution is 2.35. The highest BCUT2D eigenvalue weighted by molar-refractivity contribution is 7.85. The van der Waals surface area contributed by atoms with Crippen molar-refractivity contribution in [2.24, 2.45) is 0 Å². The minimum absolute atomic E-state index is 0. The van der Waals surface area contributed by atoms with E-state index < -0.39 is 43.7 Å². The van der Waals surface area contributed by atoms with Gasteiger partial charge in [-0.15, -0.1) is 0 Å². The molecule has 0 saturated heterocycles. The highest BCUT2D eigenvalue weighted by atomic mass is 35.5. The Labute approximate surface area is 111 Å². The molecular formula is C9H7ClF4O4S. The summed E-state index contributed by atoms with van der Waals surface area (Å²) in [6.45, 7) is 0. The average Bonchev–Trinajstić information content (AvgIpc) is 2.17. The normalized spacial score (nSPS) is 13.8. The van der Waals surface area contributed by atoms with Gasteiger partial charge in [-0.25, -0.2) is 12.8 Å². The second-order valence-corrected chi connectivity index (χ2v) is 5.04. The van der Waals surface area contributed by atoms with Crippen molar-refractivity contribution in [1.29, 1.82) is 0 Å². The van der Waals surface area contributed by atoms with Gasteiger partial charge in [0.25, 0.3) is 0 Å². The summed E-state index contributed by atoms with van der Waals surface area (Å²) < 4.78 is 81.7. The van der Waals surface area contributed by atoms with E-state index in [0.717, 1.165) is 0 Å². The molecule has 0 aliphatic heterocycles. The van der Waals surface area contributed by atoms with E-state index in [1.54, 1.807) is 0 Å². The zero-order valence-corrected chi connectivity index (χ0v) is 10.8. The van der Waals surface area contributed by atoms with Crippen LogP contribution in [0.4, 0.5) is 17.6 Å². The third-order valence-corrected chi connectivity index (χ3v) is 3.00. The van der Waals surface area contributed by atoms with Crippen LogP contribution in [0.2, 0.25) is 5.02 Å². The zero-order chi connectivity index (χ0) is 14.3. The second-order valence-electron chi connectivity index (χ2n) is 3.20. The summed E-state index contributed by atoms with van der Waals surface area (Å²) in [4.78, 5) is 0. The first-order valence-electron chi connectivity index (χ1n) is 4.13. The number of benzene rings is 1. The zero-order valence-electron chi connectivity index (χ0n) is 9.20. The molecule has 0 bridgehead atoms. The van der Waals surface area contributed by atoms with Crippen molar-refractivity contribution in [3.63, 3.8) is 0 Å². The van der Waals surface area contributed by atoms with Crippen molar-refractivity contribution in [2.45, 2.75) is 11.6 Å². The molecule has 4 nitrogen and oxygen atoms in total. The minimum Gasteiger partial charge on any atom is -0.746 e. The molecule has 0 aliphatic carbocycles. The maximum atomic E-state index is 13.3. The van der Waals surface area contributed by atoms with Gasteiger partial charge in [0, 0.05) is 13.0 Å². The van der Waals surface area contributed by atoms with E-state index in [9.17, 15) is 30.5 Å². The molecule has 0 amide bonds. The summed E-state index contributed by atoms with van der Waals surface area (Å²) in [6, 6.07) is 0.228. The van der Waals surface area contributed by atoms with E-state index in [-0.39, 0.29) is 19.6 Å². The summed E-state index contributed by atoms with van der Waals surface area (Å²) in [5.74, 6) is -1.60. The Morgan fingerprint density at radius 1 is 1.32 bits per heavy atom. The maximum Gasteiger partial charge on any atom is 0.416 e. The molecule has 1 atom stereocenters. The first-order valence-corrected chi connectivity index (χ1v) is 5.98. The highest BCUT2D eigenvalue weighted by Gasteiger charge is 2.34. The molecule has 0 spiro atoms. The largest absolute Gasteiger partial charge is 0.746 e. The average molecular weight is 323 g/mol. The second kappa shape index (κ2) is 5.53. The molecule has 1 rings (SSSR count). The van der Waals surface area contributed by atoms with E-state index in [4.69, 9.17) is 16.7 Å². The van der Waals surface area contributed by atoms with Crippen LogP contribution in [0, 0.1) is 13.2 Å². The molecule has 10 heteroatoms. The van der Waals surface area contributed by atoms with Crippen LogP contribution in [0.3, 0.4) is 0 Å². The van der Waals surface area contributed by atoms with E-state index >= 15 is 0 Å². The van der Waals surface area contributed by atoms with Gasteiger partial charge in [0.2, 0.25) is 0 Å². The number of hydrogen-bond acceptors (Lipinski definition) is 4. The number of hydrogen-bond donors (Lipinski definition) is 1. The molecule has 0 heterocycles. The Balaban J connectivity index is 0.00000324. The lowest BCUT2D eigenvalue weighted by Crippen LogP contribution is -2.15. The first-order chi connectivity index (χ1) is 7.94. The van der Waals surface area contributed by atoms with Gasteiger partial charge in [-0.2, -0.15) is 13.2 Å². The molecule has 1 aromatic rings. The van der Waals surface area contributed by atoms with Crippen molar-refractivity contribution in [3.8, 4) is 0 Å². The van der Waals surface area contributed by atoms with Crippen LogP contribution in [0.25, 0.3) is 0 Å². The van der Waals surface area contributed by atoms with Crippen molar-refractivity contribution in [2.75, 3.05) is 0 Å². The van der Waals surface area contributed by atoms with E-state index in [1.807, 2.05) is 0 Å². The third-order valence-electron chi connectivity index (χ3n) is 1.92. The number of rotatable bonds is 2. The molecule has 19 heavy (non-hydrogen) atoms. The SMILES string of the molecule is O=S(=O)([O-])C(O)c1cc(C(F)(F)F)cc(Cl)c1F.[CH3+]. The molecule has 1 unspecified atom stereocenters. The van der Waals surface area contributed by atoms with Crippen LogP contribution in [0.1, 0.15) is 16.6 Å². The molecule has 108 valence electrons. The summed E-state index contributed by atoms with van der Waals surface area (Å²) in [6.07, 6.45) is -4.93. The van der Waals surface area contributed by atoms with Gasteiger partial charge in [0.05, 0.1) is 10.6 Å². The lowest BCUT2D eigenvalue weighted by molar-refractivity contribution is -0.137. The number of halogens is 5. The summed E-state index contributed by atoms with van der Waals surface area (Å²) >= 11 is 5.14. The molecule has 1 N–H and O–H groups in total. The van der Waals surface area contributed by atoms with Crippen LogP contribution < -0.4 is 0 Å². The molecule has 0 radical (unpaired) electrons. The Bertz CT molecular complexity index is 570. The monoisotopic (exact) mass is 322 g/mol. The van der Waals surface area contributed by atoms with Crippen LogP contribution >= 0.6 is 11.6 Å². The predicted octanol–water partition coefficient (Wildman–Crippen LogP) is 2.48. The minimum atomic E-state index is -5.42. The van der Waals surface area contributed by atoms with Crippen LogP contribution in [-0.2, 0) is 16.3 Å². The Hall–Kier alpha value is -1.03. The van der Waals surface area contributed by atoms with Crippen molar-refractivity contribution >= 4 is 21.7 Å². The smallest absolute Gasteiger partial charge is 0.416 e. The van der Waals surface area contributed by atoms with E-state index in [1.165, 1.54) is 0 Å². The fraction of sp³-hybridized carbons (Fsp3) is 0.222. The Kier molecular flexibility index (Phi) is 5.23. The van der Waals surface area contributed by atoms with E-state index in [0.29, 0.717) is 0 Å². The van der Waals surface area contributed by atoms with Gasteiger partial charge >= 0.3 is 6.18 Å². The van der Waals surface area contributed by atoms with Crippen molar-refractivity contribution in [1.82, 2.24) is 0 Å². The maximum absolute atomic E-state index is 13.3. The summed E-state index contributed by atoms with van der Waals surface area (Å²) in [5.41, 5.74) is -5.78. The summed E-state index contributed by atoms with van der Waals surface area (Å²) in [7, 11) is -5.42. The summed E-state index contributed by atoms with van der Waals surface area (Å²) in [5, 5.41) is 7.93. The first kappa shape index (κ1) is 18.0. The van der Waals surface area contributed by atoms with Crippen molar-refractivity contribution < 1.29 is 35.6 Å². The quantitative estimate of drug-likeness (QED) is 0.515. The van der Waals surface area contributed by atoms with Gasteiger partial charge in [0.1, 0.15) is 15.9 Å². The molecule has 0 fully saturated rings. The Morgan fingerprint density at radius 3 is 2.16 bits per heavy atom. The molecule has 0 aromatic heterocycles. The van der Waals surface area contributed by atoms with Gasteiger partial charge in [-0.3, -0.25) is 0 Å². The lowest BCUT2D eigenvalue weighted by Gasteiger charge is -2.18. The topological polar surface area (TPSA) is 77.4 Å². The lowest BCUT2D eigenvalue weighted by atomic mass is 10.1. The molecule has 0 saturated carbocycles. The van der Waals surface area contributed by atoms with Gasteiger partial charge < -0.3 is 9.66 Å². The standard InChI is InChI=1S/C8H5ClF4O4S.CH3/c9-5-2-3(8(11,12)13)1-4(6(5)10)7(14)18(15,16)17;/h1-2,7,14H,(H,15,16,17);1H3/q;+1/p-1. The Morgan fingerprint density at radius 2 is 1.79 bits per heavy atom. The predicted molar refractivity (Wildman–Crippen MR) is 57.5 cm³/mol. The van der Waals surface area contributed by atoms with E-state index in [2.05, 4.69) is 0 Å². The molecule has 0 aliphatic rings. The van der Waals surface area contributed by atoms with Crippen LogP contribution in [0.15, 0.2) is 12.1 Å². The fourth-order valence-corrected chi connectivity index (χ4v) is 1.82. The number of alkyl halides is 3. The van der Waals surface area contributed by atoms with Crippen molar-refractivity contribution in [3.05, 3.63) is 41.5 Å². The van der Waals surface area contributed by atoms with Crippen LogP contribution in [-0.4, -0.2) is 18.1 Å². The fourth-order valence-electron chi connectivity index (χ4n) is 1.11.